The maximum absolute atomic E-state index is 11.8. The van der Waals surface area contributed by atoms with Gasteiger partial charge in [-0.25, -0.2) is 0 Å². The van der Waals surface area contributed by atoms with Gasteiger partial charge in [-0.2, -0.15) is 0 Å². The van der Waals surface area contributed by atoms with Gasteiger partial charge in [-0.3, -0.25) is 4.79 Å². The van der Waals surface area contributed by atoms with Gasteiger partial charge in [0.15, 0.2) is 0 Å². The number of nitrogens with one attached hydrogen (secondary N) is 1. The van der Waals surface area contributed by atoms with Crippen molar-refractivity contribution in [2.24, 2.45) is 5.73 Å². The van der Waals surface area contributed by atoms with Crippen molar-refractivity contribution < 1.29 is 9.32 Å². The third-order valence-corrected chi connectivity index (χ3v) is 4.67. The number of aryl methyl sites for hydroxylation is 2. The molecule has 0 saturated heterocycles. The first-order chi connectivity index (χ1) is 9.41. The Morgan fingerprint density at radius 1 is 1.40 bits per heavy atom. The first-order valence-electron chi connectivity index (χ1n) is 6.97. The third-order valence-electron chi connectivity index (χ3n) is 3.71. The Morgan fingerprint density at radius 2 is 2.05 bits per heavy atom. The number of carbonyl (C=O) groups excluding carboxylic acids is 1. The Hall–Kier alpha value is -1.01. The van der Waals surface area contributed by atoms with Crippen LogP contribution in [0.25, 0.3) is 0 Å². The van der Waals surface area contributed by atoms with E-state index < -0.39 is 0 Å². The minimum absolute atomic E-state index is 0.0264. The van der Waals surface area contributed by atoms with E-state index in [0.717, 1.165) is 35.6 Å². The van der Waals surface area contributed by atoms with Gasteiger partial charge in [0.05, 0.1) is 11.4 Å². The maximum Gasteiger partial charge on any atom is 0.230 e. The van der Waals surface area contributed by atoms with Crippen LogP contribution in [0.1, 0.15) is 43.7 Å². The molecule has 0 aromatic carbocycles. The fourth-order valence-electron chi connectivity index (χ4n) is 1.78. The van der Waals surface area contributed by atoms with Crippen molar-refractivity contribution in [3.8, 4) is 0 Å². The lowest BCUT2D eigenvalue weighted by Crippen LogP contribution is -2.49. The fraction of sp³-hybridized carbons (Fsp3) is 0.714. The molecule has 3 N–H and O–H groups in total. The Morgan fingerprint density at radius 3 is 2.55 bits per heavy atom. The van der Waals surface area contributed by atoms with Crippen molar-refractivity contribution in [2.45, 2.75) is 51.8 Å². The molecule has 0 bridgehead atoms. The van der Waals surface area contributed by atoms with Gasteiger partial charge in [-0.05, 0) is 26.7 Å². The zero-order chi connectivity index (χ0) is 15.2. The quantitative estimate of drug-likeness (QED) is 0.769. The molecule has 6 heteroatoms. The molecule has 1 aromatic rings. The summed E-state index contributed by atoms with van der Waals surface area (Å²) in [5, 5.41) is 6.81. The number of rotatable bonds is 8. The molecule has 0 aliphatic carbocycles. The largest absolute Gasteiger partial charge is 0.361 e. The molecule has 0 aliphatic heterocycles. The van der Waals surface area contributed by atoms with Crippen LogP contribution >= 0.6 is 11.8 Å². The molecule has 0 unspecified atom stereocenters. The molecule has 0 radical (unpaired) electrons. The number of thioether (sulfide) groups is 1. The fourth-order valence-corrected chi connectivity index (χ4v) is 2.79. The first-order valence-corrected chi connectivity index (χ1v) is 8.12. The number of aromatic nitrogens is 1. The van der Waals surface area contributed by atoms with Crippen LogP contribution in [0.4, 0.5) is 0 Å². The smallest absolute Gasteiger partial charge is 0.230 e. The normalized spacial score (nSPS) is 11.7. The number of nitrogens with two attached hydrogens (primary N) is 1. The molecule has 1 aromatic heterocycles. The average molecular weight is 299 g/mol. The summed E-state index contributed by atoms with van der Waals surface area (Å²) in [6.45, 7) is 8.42. The second-order valence-corrected chi connectivity index (χ2v) is 6.13. The van der Waals surface area contributed by atoms with E-state index in [1.165, 1.54) is 0 Å². The van der Waals surface area contributed by atoms with E-state index in [1.54, 1.807) is 11.8 Å². The van der Waals surface area contributed by atoms with Crippen LogP contribution in [0.3, 0.4) is 0 Å². The number of nitrogens with zero attached hydrogens (tertiary/aromatic N) is 1. The lowest BCUT2D eigenvalue weighted by Gasteiger charge is -2.26. The van der Waals surface area contributed by atoms with Crippen molar-refractivity contribution in [3.05, 3.63) is 17.0 Å². The monoisotopic (exact) mass is 299 g/mol. The predicted octanol–water partition coefficient (Wildman–Crippen LogP) is 2.16. The van der Waals surface area contributed by atoms with Crippen LogP contribution in [0.5, 0.6) is 0 Å². The summed E-state index contributed by atoms with van der Waals surface area (Å²) >= 11 is 1.56. The average Bonchev–Trinajstić information content (AvgIpc) is 2.76. The molecule has 114 valence electrons. The van der Waals surface area contributed by atoms with E-state index in [9.17, 15) is 4.79 Å². The topological polar surface area (TPSA) is 81.1 Å². The Kier molecular flexibility index (Phi) is 6.55. The van der Waals surface area contributed by atoms with E-state index in [4.69, 9.17) is 10.3 Å². The zero-order valence-corrected chi connectivity index (χ0v) is 13.6. The lowest BCUT2D eigenvalue weighted by atomic mass is 9.94. The van der Waals surface area contributed by atoms with Crippen molar-refractivity contribution >= 4 is 17.7 Å². The molecule has 0 spiro atoms. The summed E-state index contributed by atoms with van der Waals surface area (Å²) in [4.78, 5) is 11.8. The molecule has 0 atom stereocenters. The summed E-state index contributed by atoms with van der Waals surface area (Å²) < 4.78 is 5.09. The highest BCUT2D eigenvalue weighted by atomic mass is 32.2. The summed E-state index contributed by atoms with van der Waals surface area (Å²) in [6.07, 6.45) is 1.71. The van der Waals surface area contributed by atoms with Crippen LogP contribution in [0.15, 0.2) is 4.52 Å². The highest BCUT2D eigenvalue weighted by Crippen LogP contribution is 2.19. The Balaban J connectivity index is 2.31. The lowest BCUT2D eigenvalue weighted by molar-refractivity contribution is -0.118. The highest BCUT2D eigenvalue weighted by molar-refractivity contribution is 7.99. The molecule has 20 heavy (non-hydrogen) atoms. The second-order valence-electron chi connectivity index (χ2n) is 5.14. The SMILES string of the molecule is CCC(N)(CC)CNC(=O)CSCc1c(C)noc1C. The summed E-state index contributed by atoms with van der Waals surface area (Å²) in [5.41, 5.74) is 7.84. The highest BCUT2D eigenvalue weighted by Gasteiger charge is 2.20. The molecule has 1 rings (SSSR count). The molecule has 1 heterocycles. The maximum atomic E-state index is 11.8. The molecule has 0 fully saturated rings. The second kappa shape index (κ2) is 7.69. The summed E-state index contributed by atoms with van der Waals surface area (Å²) in [5.74, 6) is 2.02. The Labute approximate surface area is 125 Å². The van der Waals surface area contributed by atoms with E-state index in [0.29, 0.717) is 12.3 Å². The van der Waals surface area contributed by atoms with Crippen molar-refractivity contribution in [2.75, 3.05) is 12.3 Å². The standard InChI is InChI=1S/C14H25N3O2S/c1-5-14(15,6-2)9-16-13(18)8-20-7-12-10(3)17-19-11(12)4/h5-9,15H2,1-4H3,(H,16,18). The van der Waals surface area contributed by atoms with Crippen LogP contribution in [-0.4, -0.2) is 28.9 Å². The van der Waals surface area contributed by atoms with Gasteiger partial charge in [0.2, 0.25) is 5.91 Å². The van der Waals surface area contributed by atoms with Crippen LogP contribution in [-0.2, 0) is 10.5 Å². The van der Waals surface area contributed by atoms with Gasteiger partial charge in [-0.15, -0.1) is 11.8 Å². The minimum atomic E-state index is -0.290. The van der Waals surface area contributed by atoms with Gasteiger partial charge in [0.1, 0.15) is 5.76 Å². The number of amides is 1. The van der Waals surface area contributed by atoms with Crippen molar-refractivity contribution in [1.29, 1.82) is 0 Å². The van der Waals surface area contributed by atoms with Crippen LogP contribution in [0, 0.1) is 13.8 Å². The summed E-state index contributed by atoms with van der Waals surface area (Å²) in [7, 11) is 0. The van der Waals surface area contributed by atoms with E-state index >= 15 is 0 Å². The van der Waals surface area contributed by atoms with E-state index in [2.05, 4.69) is 10.5 Å². The van der Waals surface area contributed by atoms with Gasteiger partial charge < -0.3 is 15.6 Å². The van der Waals surface area contributed by atoms with Gasteiger partial charge >= 0.3 is 0 Å². The molecular weight excluding hydrogens is 274 g/mol. The zero-order valence-electron chi connectivity index (χ0n) is 12.8. The number of hydrogen-bond donors (Lipinski definition) is 2. The van der Waals surface area contributed by atoms with Crippen molar-refractivity contribution in [1.82, 2.24) is 10.5 Å². The third kappa shape index (κ3) is 4.83. The van der Waals surface area contributed by atoms with E-state index in [-0.39, 0.29) is 11.4 Å². The molecule has 0 aliphatic rings. The van der Waals surface area contributed by atoms with Crippen LogP contribution in [0.2, 0.25) is 0 Å². The molecule has 5 nitrogen and oxygen atoms in total. The number of carbonyl (C=O) groups is 1. The van der Waals surface area contributed by atoms with Gasteiger partial charge in [0.25, 0.3) is 0 Å². The first kappa shape index (κ1) is 17.0. The van der Waals surface area contributed by atoms with Gasteiger partial charge in [-0.1, -0.05) is 19.0 Å². The Bertz CT molecular complexity index is 422. The van der Waals surface area contributed by atoms with Crippen LogP contribution < -0.4 is 11.1 Å². The molecule has 1 amide bonds. The van der Waals surface area contributed by atoms with Gasteiger partial charge in [0, 0.05) is 23.4 Å². The summed E-state index contributed by atoms with van der Waals surface area (Å²) in [6, 6.07) is 0. The molecule has 0 saturated carbocycles. The number of hydrogen-bond acceptors (Lipinski definition) is 5. The predicted molar refractivity (Wildman–Crippen MR) is 82.6 cm³/mol. The van der Waals surface area contributed by atoms with E-state index in [1.807, 2.05) is 27.7 Å². The minimum Gasteiger partial charge on any atom is -0.361 e. The molecular formula is C14H25N3O2S. The van der Waals surface area contributed by atoms with Crippen molar-refractivity contribution in [3.63, 3.8) is 0 Å².